The number of benzene rings is 1. The van der Waals surface area contributed by atoms with E-state index in [2.05, 4.69) is 5.32 Å². The molecule has 1 aromatic rings. The van der Waals surface area contributed by atoms with Crippen LogP contribution in [0.3, 0.4) is 0 Å². The molecule has 0 atom stereocenters. The van der Waals surface area contributed by atoms with Gasteiger partial charge >= 0.3 is 12.2 Å². The van der Waals surface area contributed by atoms with E-state index in [1.807, 2.05) is 0 Å². The van der Waals surface area contributed by atoms with Gasteiger partial charge in [0, 0.05) is 37.9 Å². The molecule has 0 aliphatic carbocycles. The van der Waals surface area contributed by atoms with Crippen molar-refractivity contribution in [2.45, 2.75) is 6.18 Å². The number of ether oxygens (including phenoxy) is 1. The fraction of sp³-hybridized carbons (Fsp3) is 0.500. The number of methoxy groups -OCH3 is 1. The van der Waals surface area contributed by atoms with E-state index < -0.39 is 12.7 Å². The molecule has 1 heterocycles. The van der Waals surface area contributed by atoms with Crippen LogP contribution in [0.25, 0.3) is 0 Å². The number of nitrogens with one attached hydrogen (secondary N) is 1. The Kier molecular flexibility index (Phi) is 5.12. The minimum atomic E-state index is -4.20. The van der Waals surface area contributed by atoms with E-state index in [0.717, 1.165) is 0 Å². The molecule has 1 saturated heterocycles. The fourth-order valence-corrected chi connectivity index (χ4v) is 2.27. The Labute approximate surface area is 126 Å². The first-order valence-corrected chi connectivity index (χ1v) is 6.86. The van der Waals surface area contributed by atoms with Gasteiger partial charge in [-0.05, 0) is 12.1 Å². The van der Waals surface area contributed by atoms with Gasteiger partial charge in [-0.25, -0.2) is 4.79 Å². The van der Waals surface area contributed by atoms with Gasteiger partial charge in [-0.15, -0.1) is 0 Å². The summed E-state index contributed by atoms with van der Waals surface area (Å²) in [7, 11) is 1.53. The van der Waals surface area contributed by atoms with E-state index in [-0.39, 0.29) is 32.2 Å². The number of urea groups is 1. The fourth-order valence-electron chi connectivity index (χ4n) is 2.27. The molecular formula is C14H18F3N3O2. The van der Waals surface area contributed by atoms with E-state index in [1.165, 1.54) is 16.9 Å². The Morgan fingerprint density at radius 3 is 2.55 bits per heavy atom. The minimum absolute atomic E-state index is 0.213. The van der Waals surface area contributed by atoms with Gasteiger partial charge in [0.2, 0.25) is 0 Å². The molecule has 5 nitrogen and oxygen atoms in total. The average Bonchev–Trinajstić information content (AvgIpc) is 2.46. The number of alkyl halides is 3. The summed E-state index contributed by atoms with van der Waals surface area (Å²) in [5.74, 6) is 0.618. The SMILES string of the molecule is COc1cccc(NC(=O)N2CCN(CC(F)(F)F)CC2)c1. The number of rotatable bonds is 3. The Hall–Kier alpha value is -1.96. The van der Waals surface area contributed by atoms with Crippen molar-refractivity contribution < 1.29 is 22.7 Å². The number of amides is 2. The van der Waals surface area contributed by atoms with Gasteiger partial charge in [0.1, 0.15) is 5.75 Å². The predicted octanol–water partition coefficient (Wildman–Crippen LogP) is 2.41. The summed E-state index contributed by atoms with van der Waals surface area (Å²) >= 11 is 0. The summed E-state index contributed by atoms with van der Waals surface area (Å²) in [6.07, 6.45) is -4.20. The monoisotopic (exact) mass is 317 g/mol. The highest BCUT2D eigenvalue weighted by atomic mass is 19.4. The first kappa shape index (κ1) is 16.4. The van der Waals surface area contributed by atoms with Crippen molar-refractivity contribution in [3.05, 3.63) is 24.3 Å². The lowest BCUT2D eigenvalue weighted by Crippen LogP contribution is -2.51. The van der Waals surface area contributed by atoms with E-state index >= 15 is 0 Å². The number of hydrogen-bond donors (Lipinski definition) is 1. The smallest absolute Gasteiger partial charge is 0.401 e. The van der Waals surface area contributed by atoms with Crippen LogP contribution in [0.2, 0.25) is 0 Å². The molecule has 0 aromatic heterocycles. The second kappa shape index (κ2) is 6.87. The molecule has 22 heavy (non-hydrogen) atoms. The van der Waals surface area contributed by atoms with Gasteiger partial charge in [0.05, 0.1) is 13.7 Å². The van der Waals surface area contributed by atoms with Crippen molar-refractivity contribution in [2.75, 3.05) is 45.2 Å². The van der Waals surface area contributed by atoms with Crippen LogP contribution in [0.1, 0.15) is 0 Å². The van der Waals surface area contributed by atoms with Gasteiger partial charge in [-0.1, -0.05) is 6.07 Å². The van der Waals surface area contributed by atoms with Gasteiger partial charge in [-0.2, -0.15) is 13.2 Å². The molecule has 0 unspecified atom stereocenters. The topological polar surface area (TPSA) is 44.8 Å². The molecule has 0 radical (unpaired) electrons. The van der Waals surface area contributed by atoms with E-state index in [1.54, 1.807) is 24.3 Å². The second-order valence-electron chi connectivity index (χ2n) is 5.04. The first-order chi connectivity index (χ1) is 10.4. The van der Waals surface area contributed by atoms with Gasteiger partial charge < -0.3 is 15.0 Å². The van der Waals surface area contributed by atoms with Crippen molar-refractivity contribution >= 4 is 11.7 Å². The number of hydrogen-bond acceptors (Lipinski definition) is 3. The minimum Gasteiger partial charge on any atom is -0.497 e. The van der Waals surface area contributed by atoms with Crippen LogP contribution in [-0.4, -0.2) is 61.8 Å². The molecule has 1 N–H and O–H groups in total. The Balaban J connectivity index is 1.84. The Morgan fingerprint density at radius 1 is 1.27 bits per heavy atom. The Morgan fingerprint density at radius 2 is 1.95 bits per heavy atom. The highest BCUT2D eigenvalue weighted by Crippen LogP contribution is 2.19. The standard InChI is InChI=1S/C14H18F3N3O2/c1-22-12-4-2-3-11(9-12)18-13(21)20-7-5-19(6-8-20)10-14(15,16)17/h2-4,9H,5-8,10H2,1H3,(H,18,21). The van der Waals surface area contributed by atoms with Crippen molar-refractivity contribution in [3.8, 4) is 5.75 Å². The van der Waals surface area contributed by atoms with Crippen LogP contribution in [0.4, 0.5) is 23.7 Å². The summed E-state index contributed by atoms with van der Waals surface area (Å²) in [6.45, 7) is 0.0339. The summed E-state index contributed by atoms with van der Waals surface area (Å²) in [5.41, 5.74) is 0.585. The third-order valence-corrected chi connectivity index (χ3v) is 3.38. The number of anilines is 1. The highest BCUT2D eigenvalue weighted by molar-refractivity contribution is 5.89. The van der Waals surface area contributed by atoms with Crippen LogP contribution < -0.4 is 10.1 Å². The maximum Gasteiger partial charge on any atom is 0.401 e. The zero-order valence-electron chi connectivity index (χ0n) is 12.2. The molecule has 2 rings (SSSR count). The van der Waals surface area contributed by atoms with Crippen molar-refractivity contribution in [2.24, 2.45) is 0 Å². The zero-order chi connectivity index (χ0) is 16.2. The molecule has 0 spiro atoms. The van der Waals surface area contributed by atoms with Crippen LogP contribution in [-0.2, 0) is 0 Å². The molecule has 1 fully saturated rings. The maximum atomic E-state index is 12.3. The number of carbonyl (C=O) groups is 1. The van der Waals surface area contributed by atoms with Gasteiger partial charge in [-0.3, -0.25) is 4.90 Å². The van der Waals surface area contributed by atoms with Crippen molar-refractivity contribution in [1.82, 2.24) is 9.80 Å². The summed E-state index contributed by atoms with van der Waals surface area (Å²) in [6, 6.07) is 6.58. The average molecular weight is 317 g/mol. The quantitative estimate of drug-likeness (QED) is 0.931. The summed E-state index contributed by atoms with van der Waals surface area (Å²) < 4.78 is 42.0. The van der Waals surface area contributed by atoms with Crippen LogP contribution in [0.15, 0.2) is 24.3 Å². The van der Waals surface area contributed by atoms with Crippen molar-refractivity contribution in [3.63, 3.8) is 0 Å². The lowest BCUT2D eigenvalue weighted by molar-refractivity contribution is -0.148. The molecular weight excluding hydrogens is 299 g/mol. The van der Waals surface area contributed by atoms with E-state index in [0.29, 0.717) is 11.4 Å². The molecule has 1 aromatic carbocycles. The van der Waals surface area contributed by atoms with Crippen LogP contribution in [0, 0.1) is 0 Å². The van der Waals surface area contributed by atoms with Gasteiger partial charge in [0.15, 0.2) is 0 Å². The molecule has 1 aliphatic rings. The second-order valence-corrected chi connectivity index (χ2v) is 5.04. The Bertz CT molecular complexity index is 514. The first-order valence-electron chi connectivity index (χ1n) is 6.86. The molecule has 2 amide bonds. The third kappa shape index (κ3) is 4.80. The maximum absolute atomic E-state index is 12.3. The summed E-state index contributed by atoms with van der Waals surface area (Å²) in [4.78, 5) is 14.9. The zero-order valence-corrected chi connectivity index (χ0v) is 12.2. The highest BCUT2D eigenvalue weighted by Gasteiger charge is 2.32. The molecule has 0 saturated carbocycles. The lowest BCUT2D eigenvalue weighted by atomic mass is 10.3. The number of nitrogens with zero attached hydrogens (tertiary/aromatic N) is 2. The van der Waals surface area contributed by atoms with E-state index in [4.69, 9.17) is 4.74 Å². The molecule has 1 aliphatic heterocycles. The van der Waals surface area contributed by atoms with Gasteiger partial charge in [0.25, 0.3) is 0 Å². The number of piperazine rings is 1. The lowest BCUT2D eigenvalue weighted by Gasteiger charge is -2.34. The normalized spacial score (nSPS) is 16.5. The largest absolute Gasteiger partial charge is 0.497 e. The third-order valence-electron chi connectivity index (χ3n) is 3.38. The van der Waals surface area contributed by atoms with Crippen LogP contribution >= 0.6 is 0 Å². The molecule has 8 heteroatoms. The van der Waals surface area contributed by atoms with Crippen molar-refractivity contribution in [1.29, 1.82) is 0 Å². The predicted molar refractivity (Wildman–Crippen MR) is 76.1 cm³/mol. The number of halogens is 3. The summed E-state index contributed by atoms with van der Waals surface area (Å²) in [5, 5.41) is 2.72. The molecule has 122 valence electrons. The number of carbonyl (C=O) groups excluding carboxylic acids is 1. The van der Waals surface area contributed by atoms with E-state index in [9.17, 15) is 18.0 Å². The van der Waals surface area contributed by atoms with Crippen LogP contribution in [0.5, 0.6) is 5.75 Å². The molecule has 0 bridgehead atoms.